The van der Waals surface area contributed by atoms with Crippen molar-refractivity contribution in [1.82, 2.24) is 4.90 Å². The SMILES string of the molecule is CCC(C)(C(N)=O)N(CC(O)COc1ccccc1OC)C(c1ccccc1)(c1ccccc1)c1ccccc1. The number of methoxy groups -OCH3 is 1. The minimum atomic E-state index is -1.13. The highest BCUT2D eigenvalue weighted by Gasteiger charge is 2.52. The molecular weight excluding hydrogens is 500 g/mol. The van der Waals surface area contributed by atoms with Crippen molar-refractivity contribution in [2.45, 2.75) is 37.5 Å². The molecule has 0 aliphatic rings. The van der Waals surface area contributed by atoms with Crippen LogP contribution in [0.25, 0.3) is 0 Å². The molecule has 40 heavy (non-hydrogen) atoms. The second-order valence-electron chi connectivity index (χ2n) is 10.0. The van der Waals surface area contributed by atoms with Crippen molar-refractivity contribution in [3.63, 3.8) is 0 Å². The molecule has 1 amide bonds. The van der Waals surface area contributed by atoms with E-state index in [0.29, 0.717) is 17.9 Å². The Labute approximate surface area is 237 Å². The van der Waals surface area contributed by atoms with Crippen molar-refractivity contribution >= 4 is 5.91 Å². The van der Waals surface area contributed by atoms with Crippen LogP contribution in [0.15, 0.2) is 115 Å². The topological polar surface area (TPSA) is 85.0 Å². The Hall–Kier alpha value is -4.13. The molecule has 0 radical (unpaired) electrons. The maximum atomic E-state index is 13.3. The number of para-hydroxylation sites is 2. The summed E-state index contributed by atoms with van der Waals surface area (Å²) in [6, 6.07) is 37.5. The van der Waals surface area contributed by atoms with E-state index in [4.69, 9.17) is 15.2 Å². The minimum Gasteiger partial charge on any atom is -0.493 e. The molecule has 6 nitrogen and oxygen atoms in total. The number of nitrogens with zero attached hydrogens (tertiary/aromatic N) is 1. The lowest BCUT2D eigenvalue weighted by atomic mass is 9.72. The molecule has 2 atom stereocenters. The molecule has 208 valence electrons. The second-order valence-corrected chi connectivity index (χ2v) is 10.0. The molecule has 0 aliphatic carbocycles. The summed E-state index contributed by atoms with van der Waals surface area (Å²) in [7, 11) is 1.58. The van der Waals surface area contributed by atoms with Gasteiger partial charge in [0.05, 0.1) is 18.2 Å². The number of primary amides is 1. The van der Waals surface area contributed by atoms with Crippen molar-refractivity contribution in [2.75, 3.05) is 20.3 Å². The van der Waals surface area contributed by atoms with Crippen LogP contribution >= 0.6 is 0 Å². The van der Waals surface area contributed by atoms with E-state index in [1.165, 1.54) is 0 Å². The van der Waals surface area contributed by atoms with Crippen LogP contribution in [0.2, 0.25) is 0 Å². The van der Waals surface area contributed by atoms with Gasteiger partial charge in [-0.15, -0.1) is 0 Å². The Morgan fingerprint density at radius 2 is 1.23 bits per heavy atom. The zero-order valence-electron chi connectivity index (χ0n) is 23.4. The highest BCUT2D eigenvalue weighted by Crippen LogP contribution is 2.46. The number of carbonyl (C=O) groups excluding carboxylic acids is 1. The first kappa shape index (κ1) is 28.9. The van der Waals surface area contributed by atoms with Gasteiger partial charge in [-0.05, 0) is 42.2 Å². The minimum absolute atomic E-state index is 0.0100. The molecule has 0 bridgehead atoms. The van der Waals surface area contributed by atoms with Crippen molar-refractivity contribution in [1.29, 1.82) is 0 Å². The van der Waals surface area contributed by atoms with E-state index in [1.807, 2.05) is 80.6 Å². The third-order valence-electron chi connectivity index (χ3n) is 7.69. The third-order valence-corrected chi connectivity index (χ3v) is 7.69. The van der Waals surface area contributed by atoms with Crippen LogP contribution in [0, 0.1) is 0 Å². The van der Waals surface area contributed by atoms with E-state index in [2.05, 4.69) is 41.3 Å². The first-order valence-corrected chi connectivity index (χ1v) is 13.6. The molecule has 6 heteroatoms. The summed E-state index contributed by atoms with van der Waals surface area (Å²) < 4.78 is 11.4. The first-order chi connectivity index (χ1) is 19.4. The Kier molecular flexibility index (Phi) is 9.25. The van der Waals surface area contributed by atoms with Gasteiger partial charge in [0.15, 0.2) is 11.5 Å². The third kappa shape index (κ3) is 5.60. The normalized spacial score (nSPS) is 13.8. The molecule has 4 rings (SSSR count). The van der Waals surface area contributed by atoms with Crippen LogP contribution in [0.5, 0.6) is 11.5 Å². The van der Waals surface area contributed by atoms with Gasteiger partial charge in [-0.2, -0.15) is 0 Å². The fraction of sp³-hybridized carbons (Fsp3) is 0.265. The van der Waals surface area contributed by atoms with Crippen molar-refractivity contribution < 1.29 is 19.4 Å². The van der Waals surface area contributed by atoms with Gasteiger partial charge in [-0.25, -0.2) is 0 Å². The quantitative estimate of drug-likeness (QED) is 0.223. The molecule has 0 spiro atoms. The Balaban J connectivity index is 1.91. The number of amides is 1. The molecule has 2 unspecified atom stereocenters. The van der Waals surface area contributed by atoms with Crippen molar-refractivity contribution in [3.05, 3.63) is 132 Å². The summed E-state index contributed by atoms with van der Waals surface area (Å²) in [6.45, 7) is 3.89. The largest absolute Gasteiger partial charge is 0.493 e. The molecule has 0 aliphatic heterocycles. The summed E-state index contributed by atoms with van der Waals surface area (Å²) in [6.07, 6.45) is -0.540. The fourth-order valence-corrected chi connectivity index (χ4v) is 5.40. The molecule has 0 heterocycles. The van der Waals surface area contributed by atoms with Gasteiger partial charge in [0.1, 0.15) is 12.7 Å². The van der Waals surface area contributed by atoms with Crippen LogP contribution < -0.4 is 15.2 Å². The Morgan fingerprint density at radius 3 is 1.62 bits per heavy atom. The number of hydrogen-bond donors (Lipinski definition) is 2. The van der Waals surface area contributed by atoms with E-state index >= 15 is 0 Å². The molecular formula is C34H38N2O4. The van der Waals surface area contributed by atoms with Crippen molar-refractivity contribution in [3.8, 4) is 11.5 Å². The number of β-amino-alcohol motifs (C(OH)–C–C–N with tert-alkyl or cyclic N) is 1. The Bertz CT molecular complexity index is 1270. The lowest BCUT2D eigenvalue weighted by Gasteiger charge is -2.53. The number of hydrogen-bond acceptors (Lipinski definition) is 5. The van der Waals surface area contributed by atoms with Gasteiger partial charge in [0.2, 0.25) is 5.91 Å². The maximum absolute atomic E-state index is 13.3. The van der Waals surface area contributed by atoms with Gasteiger partial charge in [-0.3, -0.25) is 9.69 Å². The molecule has 0 saturated heterocycles. The lowest BCUT2D eigenvalue weighted by molar-refractivity contribution is -0.135. The predicted octanol–water partition coefficient (Wildman–Crippen LogP) is 5.38. The number of aliphatic hydroxyl groups excluding tert-OH is 1. The maximum Gasteiger partial charge on any atom is 0.237 e. The van der Waals surface area contributed by atoms with Crippen molar-refractivity contribution in [2.24, 2.45) is 5.73 Å². The predicted molar refractivity (Wildman–Crippen MR) is 158 cm³/mol. The summed E-state index contributed by atoms with van der Waals surface area (Å²) >= 11 is 0. The average Bonchev–Trinajstić information content (AvgIpc) is 3.01. The molecule has 3 N–H and O–H groups in total. The second kappa shape index (κ2) is 12.8. The molecule has 4 aromatic carbocycles. The van der Waals surface area contributed by atoms with Crippen LogP contribution in [-0.4, -0.2) is 47.8 Å². The van der Waals surface area contributed by atoms with Crippen LogP contribution in [0.4, 0.5) is 0 Å². The first-order valence-electron chi connectivity index (χ1n) is 13.6. The number of aliphatic hydroxyl groups is 1. The van der Waals surface area contributed by atoms with Gasteiger partial charge in [0, 0.05) is 6.54 Å². The number of ether oxygens (including phenoxy) is 2. The van der Waals surface area contributed by atoms with Gasteiger partial charge in [-0.1, -0.05) is 110 Å². The van der Waals surface area contributed by atoms with Crippen LogP contribution in [-0.2, 0) is 10.3 Å². The molecule has 4 aromatic rings. The highest BCUT2D eigenvalue weighted by atomic mass is 16.5. The molecule has 0 aromatic heterocycles. The van der Waals surface area contributed by atoms with Gasteiger partial charge < -0.3 is 20.3 Å². The van der Waals surface area contributed by atoms with Crippen LogP contribution in [0.3, 0.4) is 0 Å². The summed E-state index contributed by atoms with van der Waals surface area (Å²) in [5, 5.41) is 11.5. The molecule has 0 saturated carbocycles. The zero-order chi connectivity index (χ0) is 28.6. The van der Waals surface area contributed by atoms with Crippen LogP contribution in [0.1, 0.15) is 37.0 Å². The standard InChI is InChI=1S/C34H38N2O4/c1-4-33(2,32(35)38)36(24-29(37)25-40-31-23-15-14-22-30(31)39-3)34(26-16-8-5-9-17-26,27-18-10-6-11-19-27)28-20-12-7-13-21-28/h5-23,29,37H,4,24-25H2,1-3H3,(H2,35,38). The zero-order valence-corrected chi connectivity index (χ0v) is 23.4. The highest BCUT2D eigenvalue weighted by molar-refractivity contribution is 5.84. The summed E-state index contributed by atoms with van der Waals surface area (Å²) in [4.78, 5) is 15.4. The van der Waals surface area contributed by atoms with E-state index in [9.17, 15) is 9.90 Å². The Morgan fingerprint density at radius 1 is 0.800 bits per heavy atom. The molecule has 0 fully saturated rings. The number of rotatable bonds is 13. The van der Waals surface area contributed by atoms with E-state index in [-0.39, 0.29) is 13.2 Å². The van der Waals surface area contributed by atoms with E-state index < -0.39 is 23.1 Å². The average molecular weight is 539 g/mol. The monoisotopic (exact) mass is 538 g/mol. The summed E-state index contributed by atoms with van der Waals surface area (Å²) in [5.74, 6) is 0.638. The fourth-order valence-electron chi connectivity index (χ4n) is 5.40. The summed E-state index contributed by atoms with van der Waals surface area (Å²) in [5.41, 5.74) is 6.94. The number of benzene rings is 4. The van der Waals surface area contributed by atoms with Gasteiger partial charge in [0.25, 0.3) is 0 Å². The van der Waals surface area contributed by atoms with E-state index in [1.54, 1.807) is 19.2 Å². The van der Waals surface area contributed by atoms with Gasteiger partial charge >= 0.3 is 0 Å². The van der Waals surface area contributed by atoms with E-state index in [0.717, 1.165) is 16.7 Å². The lowest BCUT2D eigenvalue weighted by Crippen LogP contribution is -2.65. The number of carbonyl (C=O) groups is 1. The smallest absolute Gasteiger partial charge is 0.237 e. The number of nitrogens with two attached hydrogens (primary N) is 1.